The van der Waals surface area contributed by atoms with Crippen molar-refractivity contribution in [3.63, 3.8) is 0 Å². The van der Waals surface area contributed by atoms with Crippen LogP contribution >= 0.6 is 15.9 Å². The maximum atomic E-state index is 12.1. The minimum atomic E-state index is -0.306. The first-order chi connectivity index (χ1) is 11.1. The highest BCUT2D eigenvalue weighted by Gasteiger charge is 2.31. The lowest BCUT2D eigenvalue weighted by Gasteiger charge is -2.17. The molecule has 0 aromatic heterocycles. The standard InChI is InChI=1S/C17H16BrN3O2/c18-12-6-8-13(9-7-12)19-17(23)20-14-10-16(22)21(11-14)15-4-2-1-3-5-15/h1-9,14H,10-11H2,(H2,19,20,23)/t14-/m1/s1. The second-order valence-corrected chi connectivity index (χ2v) is 6.26. The molecule has 118 valence electrons. The van der Waals surface area contributed by atoms with Gasteiger partial charge in [-0.1, -0.05) is 34.1 Å². The molecular formula is C17H16BrN3O2. The van der Waals surface area contributed by atoms with Crippen molar-refractivity contribution in [2.45, 2.75) is 12.5 Å². The van der Waals surface area contributed by atoms with Gasteiger partial charge in [0, 0.05) is 28.8 Å². The molecule has 1 fully saturated rings. The lowest BCUT2D eigenvalue weighted by Crippen LogP contribution is -2.39. The number of carbonyl (C=O) groups excluding carboxylic acids is 2. The lowest BCUT2D eigenvalue weighted by molar-refractivity contribution is -0.117. The summed E-state index contributed by atoms with van der Waals surface area (Å²) in [6.45, 7) is 0.483. The summed E-state index contributed by atoms with van der Waals surface area (Å²) >= 11 is 3.35. The molecule has 23 heavy (non-hydrogen) atoms. The van der Waals surface area contributed by atoms with E-state index in [-0.39, 0.29) is 18.0 Å². The Hall–Kier alpha value is -2.34. The number of para-hydroxylation sites is 1. The molecule has 1 aliphatic heterocycles. The summed E-state index contributed by atoms with van der Waals surface area (Å²) in [5.74, 6) is 0.0186. The van der Waals surface area contributed by atoms with E-state index in [1.165, 1.54) is 0 Å². The van der Waals surface area contributed by atoms with Crippen molar-refractivity contribution in [2.75, 3.05) is 16.8 Å². The molecule has 1 atom stereocenters. The van der Waals surface area contributed by atoms with Gasteiger partial charge in [-0.05, 0) is 36.4 Å². The number of hydrogen-bond acceptors (Lipinski definition) is 2. The van der Waals surface area contributed by atoms with Crippen molar-refractivity contribution in [3.05, 3.63) is 59.1 Å². The molecule has 0 aliphatic carbocycles. The molecule has 3 rings (SSSR count). The highest BCUT2D eigenvalue weighted by molar-refractivity contribution is 9.10. The average Bonchev–Trinajstić information content (AvgIpc) is 2.91. The summed E-state index contributed by atoms with van der Waals surface area (Å²) in [6.07, 6.45) is 0.308. The molecule has 6 heteroatoms. The van der Waals surface area contributed by atoms with Gasteiger partial charge in [0.1, 0.15) is 0 Å². The molecule has 1 heterocycles. The molecule has 2 N–H and O–H groups in total. The first-order valence-electron chi connectivity index (χ1n) is 7.30. The van der Waals surface area contributed by atoms with Gasteiger partial charge in [0.05, 0.1) is 6.04 Å². The van der Waals surface area contributed by atoms with Crippen LogP contribution in [0.25, 0.3) is 0 Å². The minimum Gasteiger partial charge on any atom is -0.333 e. The Morgan fingerprint density at radius 1 is 1.09 bits per heavy atom. The van der Waals surface area contributed by atoms with Gasteiger partial charge in [0.25, 0.3) is 0 Å². The van der Waals surface area contributed by atoms with Crippen LogP contribution in [0, 0.1) is 0 Å². The molecule has 3 amide bonds. The molecule has 2 aromatic carbocycles. The van der Waals surface area contributed by atoms with E-state index in [0.29, 0.717) is 18.7 Å². The number of rotatable bonds is 3. The summed E-state index contributed by atoms with van der Waals surface area (Å²) in [4.78, 5) is 25.8. The zero-order valence-corrected chi connectivity index (χ0v) is 13.9. The summed E-state index contributed by atoms with van der Waals surface area (Å²) in [7, 11) is 0. The Morgan fingerprint density at radius 3 is 2.48 bits per heavy atom. The zero-order valence-electron chi connectivity index (χ0n) is 12.3. The maximum absolute atomic E-state index is 12.1. The average molecular weight is 374 g/mol. The van der Waals surface area contributed by atoms with Crippen LogP contribution in [0.3, 0.4) is 0 Å². The fourth-order valence-electron chi connectivity index (χ4n) is 2.55. The number of hydrogen-bond donors (Lipinski definition) is 2. The van der Waals surface area contributed by atoms with Crippen LogP contribution in [0.5, 0.6) is 0 Å². The molecule has 0 spiro atoms. The number of amides is 3. The smallest absolute Gasteiger partial charge is 0.319 e. The van der Waals surface area contributed by atoms with E-state index < -0.39 is 0 Å². The fourth-order valence-corrected chi connectivity index (χ4v) is 2.81. The monoisotopic (exact) mass is 373 g/mol. The van der Waals surface area contributed by atoms with Crippen LogP contribution in [0.1, 0.15) is 6.42 Å². The second-order valence-electron chi connectivity index (χ2n) is 5.35. The molecule has 0 bridgehead atoms. The number of urea groups is 1. The van der Waals surface area contributed by atoms with Gasteiger partial charge in [0.2, 0.25) is 5.91 Å². The zero-order chi connectivity index (χ0) is 16.2. The van der Waals surface area contributed by atoms with Crippen molar-refractivity contribution < 1.29 is 9.59 Å². The van der Waals surface area contributed by atoms with Crippen LogP contribution in [-0.4, -0.2) is 24.5 Å². The van der Waals surface area contributed by atoms with Crippen molar-refractivity contribution in [1.29, 1.82) is 0 Å². The number of benzene rings is 2. The molecule has 0 unspecified atom stereocenters. The minimum absolute atomic E-state index is 0.0186. The second kappa shape index (κ2) is 6.83. The number of anilines is 2. The molecule has 1 saturated heterocycles. The highest BCUT2D eigenvalue weighted by Crippen LogP contribution is 2.21. The van der Waals surface area contributed by atoms with Gasteiger partial charge in [-0.2, -0.15) is 0 Å². The first-order valence-corrected chi connectivity index (χ1v) is 8.09. The third kappa shape index (κ3) is 3.90. The predicted octanol–water partition coefficient (Wildman–Crippen LogP) is 3.38. The van der Waals surface area contributed by atoms with Crippen LogP contribution in [-0.2, 0) is 4.79 Å². The quantitative estimate of drug-likeness (QED) is 0.866. The normalized spacial score (nSPS) is 17.2. The van der Waals surface area contributed by atoms with Gasteiger partial charge in [-0.15, -0.1) is 0 Å². The molecule has 2 aromatic rings. The fraction of sp³-hybridized carbons (Fsp3) is 0.176. The van der Waals surface area contributed by atoms with E-state index in [1.807, 2.05) is 42.5 Å². The molecule has 5 nitrogen and oxygen atoms in total. The Bertz CT molecular complexity index is 704. The number of halogens is 1. The highest BCUT2D eigenvalue weighted by atomic mass is 79.9. The van der Waals surface area contributed by atoms with Crippen molar-refractivity contribution >= 4 is 39.2 Å². The molecule has 1 aliphatic rings. The summed E-state index contributed by atoms with van der Waals surface area (Å²) in [6, 6.07) is 16.3. The van der Waals surface area contributed by atoms with Crippen LogP contribution < -0.4 is 15.5 Å². The summed E-state index contributed by atoms with van der Waals surface area (Å²) < 4.78 is 0.948. The van der Waals surface area contributed by atoms with Gasteiger partial charge in [0.15, 0.2) is 0 Å². The topological polar surface area (TPSA) is 61.4 Å². The number of nitrogens with one attached hydrogen (secondary N) is 2. The first kappa shape index (κ1) is 15.6. The summed E-state index contributed by atoms with van der Waals surface area (Å²) in [5, 5.41) is 5.61. The Balaban J connectivity index is 1.57. The van der Waals surface area contributed by atoms with Gasteiger partial charge in [-0.25, -0.2) is 4.79 Å². The third-order valence-electron chi connectivity index (χ3n) is 3.63. The molecule has 0 saturated carbocycles. The predicted molar refractivity (Wildman–Crippen MR) is 93.5 cm³/mol. The largest absolute Gasteiger partial charge is 0.333 e. The van der Waals surface area contributed by atoms with Crippen LogP contribution in [0.2, 0.25) is 0 Å². The molecular weight excluding hydrogens is 358 g/mol. The van der Waals surface area contributed by atoms with Crippen molar-refractivity contribution in [1.82, 2.24) is 5.32 Å². The number of carbonyl (C=O) groups is 2. The Labute approximate surface area is 142 Å². The van der Waals surface area contributed by atoms with E-state index in [1.54, 1.807) is 17.0 Å². The van der Waals surface area contributed by atoms with E-state index >= 15 is 0 Å². The van der Waals surface area contributed by atoms with E-state index in [2.05, 4.69) is 26.6 Å². The van der Waals surface area contributed by atoms with Crippen molar-refractivity contribution in [2.24, 2.45) is 0 Å². The van der Waals surface area contributed by atoms with Gasteiger partial charge in [-0.3, -0.25) is 4.79 Å². The number of nitrogens with zero attached hydrogens (tertiary/aromatic N) is 1. The van der Waals surface area contributed by atoms with E-state index in [4.69, 9.17) is 0 Å². The van der Waals surface area contributed by atoms with Gasteiger partial charge >= 0.3 is 6.03 Å². The Morgan fingerprint density at radius 2 is 1.78 bits per heavy atom. The molecule has 0 radical (unpaired) electrons. The Kier molecular flexibility index (Phi) is 4.62. The van der Waals surface area contributed by atoms with E-state index in [0.717, 1.165) is 10.2 Å². The maximum Gasteiger partial charge on any atom is 0.319 e. The third-order valence-corrected chi connectivity index (χ3v) is 4.16. The van der Waals surface area contributed by atoms with Gasteiger partial charge < -0.3 is 15.5 Å². The summed E-state index contributed by atoms with van der Waals surface area (Å²) in [5.41, 5.74) is 1.56. The SMILES string of the molecule is O=C(Nc1ccc(Br)cc1)N[C@@H]1CC(=O)N(c2ccccc2)C1. The van der Waals surface area contributed by atoms with E-state index in [9.17, 15) is 9.59 Å². The lowest BCUT2D eigenvalue weighted by atomic mass is 10.2. The van der Waals surface area contributed by atoms with Crippen LogP contribution in [0.15, 0.2) is 59.1 Å². The van der Waals surface area contributed by atoms with Crippen LogP contribution in [0.4, 0.5) is 16.2 Å². The van der Waals surface area contributed by atoms with Crippen molar-refractivity contribution in [3.8, 4) is 0 Å².